The Labute approximate surface area is 106 Å². The highest BCUT2D eigenvalue weighted by Gasteiger charge is 2.05. The molecule has 0 aliphatic rings. The zero-order valence-corrected chi connectivity index (χ0v) is 10.2. The molecule has 0 radical (unpaired) electrons. The molecule has 0 saturated carbocycles. The molecular formula is C14H16N2O2. The number of hydrogen-bond acceptors (Lipinski definition) is 4. The SMILES string of the molecule is CCOc1ccccc1Oc1ccc(N)c(N)c1. The molecule has 4 nitrogen and oxygen atoms in total. The Hall–Kier alpha value is -2.36. The van der Waals surface area contributed by atoms with Crippen LogP contribution in [-0.2, 0) is 0 Å². The fraction of sp³-hybridized carbons (Fsp3) is 0.143. The van der Waals surface area contributed by atoms with E-state index in [1.165, 1.54) is 0 Å². The molecule has 0 amide bonds. The first-order chi connectivity index (χ1) is 8.70. The number of para-hydroxylation sites is 2. The molecule has 0 bridgehead atoms. The van der Waals surface area contributed by atoms with Crippen LogP contribution in [0.25, 0.3) is 0 Å². The molecule has 4 heteroatoms. The van der Waals surface area contributed by atoms with Gasteiger partial charge in [0.05, 0.1) is 18.0 Å². The lowest BCUT2D eigenvalue weighted by molar-refractivity contribution is 0.321. The van der Waals surface area contributed by atoms with Crippen LogP contribution in [-0.4, -0.2) is 6.61 Å². The van der Waals surface area contributed by atoms with E-state index in [9.17, 15) is 0 Å². The Morgan fingerprint density at radius 2 is 1.67 bits per heavy atom. The van der Waals surface area contributed by atoms with Crippen LogP contribution >= 0.6 is 0 Å². The van der Waals surface area contributed by atoms with Crippen LogP contribution in [0.15, 0.2) is 42.5 Å². The Balaban J connectivity index is 2.25. The first-order valence-electron chi connectivity index (χ1n) is 5.75. The molecule has 94 valence electrons. The first kappa shape index (κ1) is 12.1. The molecule has 0 atom stereocenters. The highest BCUT2D eigenvalue weighted by Crippen LogP contribution is 2.32. The average molecular weight is 244 g/mol. The van der Waals surface area contributed by atoms with Crippen molar-refractivity contribution in [2.24, 2.45) is 0 Å². The summed E-state index contributed by atoms with van der Waals surface area (Å²) in [5.41, 5.74) is 12.4. The van der Waals surface area contributed by atoms with E-state index in [1.54, 1.807) is 18.2 Å². The van der Waals surface area contributed by atoms with Gasteiger partial charge in [0, 0.05) is 6.07 Å². The largest absolute Gasteiger partial charge is 0.490 e. The van der Waals surface area contributed by atoms with Gasteiger partial charge in [-0.05, 0) is 31.2 Å². The number of nitrogen functional groups attached to an aromatic ring is 2. The standard InChI is InChI=1S/C14H16N2O2/c1-2-17-13-5-3-4-6-14(13)18-10-7-8-11(15)12(16)9-10/h3-9H,2,15-16H2,1H3. The molecule has 0 unspecified atom stereocenters. The predicted octanol–water partition coefficient (Wildman–Crippen LogP) is 3.04. The van der Waals surface area contributed by atoms with Crippen molar-refractivity contribution >= 4 is 11.4 Å². The topological polar surface area (TPSA) is 70.5 Å². The van der Waals surface area contributed by atoms with Gasteiger partial charge in [-0.1, -0.05) is 12.1 Å². The number of ether oxygens (including phenoxy) is 2. The van der Waals surface area contributed by atoms with Gasteiger partial charge in [-0.15, -0.1) is 0 Å². The summed E-state index contributed by atoms with van der Waals surface area (Å²) in [6.07, 6.45) is 0. The van der Waals surface area contributed by atoms with Gasteiger partial charge in [-0.3, -0.25) is 0 Å². The van der Waals surface area contributed by atoms with E-state index in [4.69, 9.17) is 20.9 Å². The van der Waals surface area contributed by atoms with Gasteiger partial charge in [0.15, 0.2) is 11.5 Å². The van der Waals surface area contributed by atoms with Crippen LogP contribution in [0.5, 0.6) is 17.2 Å². The van der Waals surface area contributed by atoms with Crippen molar-refractivity contribution in [2.45, 2.75) is 6.92 Å². The highest BCUT2D eigenvalue weighted by molar-refractivity contribution is 5.65. The van der Waals surface area contributed by atoms with Crippen molar-refractivity contribution in [1.29, 1.82) is 0 Å². The highest BCUT2D eigenvalue weighted by atomic mass is 16.5. The molecule has 0 spiro atoms. The molecule has 0 aliphatic carbocycles. The van der Waals surface area contributed by atoms with Gasteiger partial charge in [-0.25, -0.2) is 0 Å². The average Bonchev–Trinajstić information content (AvgIpc) is 2.37. The van der Waals surface area contributed by atoms with Crippen molar-refractivity contribution in [3.8, 4) is 17.2 Å². The quantitative estimate of drug-likeness (QED) is 0.811. The molecule has 0 heterocycles. The maximum absolute atomic E-state index is 5.74. The van der Waals surface area contributed by atoms with E-state index in [0.29, 0.717) is 35.2 Å². The molecule has 0 aliphatic heterocycles. The molecular weight excluding hydrogens is 228 g/mol. The lowest BCUT2D eigenvalue weighted by Crippen LogP contribution is -1.97. The first-order valence-corrected chi connectivity index (χ1v) is 5.75. The van der Waals surface area contributed by atoms with Crippen LogP contribution in [0, 0.1) is 0 Å². The second-order valence-electron chi connectivity index (χ2n) is 3.77. The lowest BCUT2D eigenvalue weighted by atomic mass is 10.2. The summed E-state index contributed by atoms with van der Waals surface area (Å²) < 4.78 is 11.2. The summed E-state index contributed by atoms with van der Waals surface area (Å²) in [5.74, 6) is 1.99. The molecule has 2 aromatic rings. The van der Waals surface area contributed by atoms with Crippen LogP contribution in [0.3, 0.4) is 0 Å². The zero-order valence-electron chi connectivity index (χ0n) is 10.2. The molecule has 0 fully saturated rings. The van der Waals surface area contributed by atoms with E-state index in [1.807, 2.05) is 31.2 Å². The van der Waals surface area contributed by atoms with E-state index in [-0.39, 0.29) is 0 Å². The van der Waals surface area contributed by atoms with E-state index in [2.05, 4.69) is 0 Å². The maximum atomic E-state index is 5.74. The fourth-order valence-electron chi connectivity index (χ4n) is 1.55. The van der Waals surface area contributed by atoms with Gasteiger partial charge in [0.25, 0.3) is 0 Å². The number of benzene rings is 2. The number of hydrogen-bond donors (Lipinski definition) is 2. The van der Waals surface area contributed by atoms with Gasteiger partial charge in [0.1, 0.15) is 5.75 Å². The molecule has 18 heavy (non-hydrogen) atoms. The van der Waals surface area contributed by atoms with Gasteiger partial charge in [0.2, 0.25) is 0 Å². The Morgan fingerprint density at radius 1 is 0.944 bits per heavy atom. The smallest absolute Gasteiger partial charge is 0.169 e. The summed E-state index contributed by atoms with van der Waals surface area (Å²) in [5, 5.41) is 0. The normalized spacial score (nSPS) is 10.1. The van der Waals surface area contributed by atoms with Crippen LogP contribution in [0.1, 0.15) is 6.92 Å². The molecule has 0 aromatic heterocycles. The number of nitrogens with two attached hydrogens (primary N) is 2. The third-order valence-electron chi connectivity index (χ3n) is 2.44. The van der Waals surface area contributed by atoms with Crippen molar-refractivity contribution in [2.75, 3.05) is 18.1 Å². The second-order valence-corrected chi connectivity index (χ2v) is 3.77. The maximum Gasteiger partial charge on any atom is 0.169 e. The Kier molecular flexibility index (Phi) is 3.57. The van der Waals surface area contributed by atoms with Gasteiger partial charge < -0.3 is 20.9 Å². The van der Waals surface area contributed by atoms with Crippen molar-refractivity contribution in [3.63, 3.8) is 0 Å². The summed E-state index contributed by atoms with van der Waals surface area (Å²) in [4.78, 5) is 0. The van der Waals surface area contributed by atoms with E-state index < -0.39 is 0 Å². The van der Waals surface area contributed by atoms with Crippen LogP contribution in [0.4, 0.5) is 11.4 Å². The summed E-state index contributed by atoms with van der Waals surface area (Å²) >= 11 is 0. The minimum Gasteiger partial charge on any atom is -0.490 e. The zero-order chi connectivity index (χ0) is 13.0. The Morgan fingerprint density at radius 3 is 2.33 bits per heavy atom. The fourth-order valence-corrected chi connectivity index (χ4v) is 1.55. The molecule has 0 saturated heterocycles. The molecule has 2 aromatic carbocycles. The summed E-state index contributed by atoms with van der Waals surface area (Å²) in [6.45, 7) is 2.52. The minimum absolute atomic E-state index is 0.501. The summed E-state index contributed by atoms with van der Waals surface area (Å²) in [7, 11) is 0. The monoisotopic (exact) mass is 244 g/mol. The van der Waals surface area contributed by atoms with Crippen LogP contribution in [0.2, 0.25) is 0 Å². The predicted molar refractivity (Wildman–Crippen MR) is 73.0 cm³/mol. The van der Waals surface area contributed by atoms with Gasteiger partial charge in [-0.2, -0.15) is 0 Å². The number of anilines is 2. The lowest BCUT2D eigenvalue weighted by Gasteiger charge is -2.12. The van der Waals surface area contributed by atoms with Gasteiger partial charge >= 0.3 is 0 Å². The third kappa shape index (κ3) is 2.66. The van der Waals surface area contributed by atoms with Crippen molar-refractivity contribution < 1.29 is 9.47 Å². The van der Waals surface area contributed by atoms with E-state index in [0.717, 1.165) is 0 Å². The summed E-state index contributed by atoms with van der Waals surface area (Å²) in [6, 6.07) is 12.7. The van der Waals surface area contributed by atoms with Crippen LogP contribution < -0.4 is 20.9 Å². The Bertz CT molecular complexity index is 541. The molecule has 4 N–H and O–H groups in total. The van der Waals surface area contributed by atoms with Crippen molar-refractivity contribution in [1.82, 2.24) is 0 Å². The second kappa shape index (κ2) is 5.31. The molecule has 2 rings (SSSR count). The number of rotatable bonds is 4. The third-order valence-corrected chi connectivity index (χ3v) is 2.44. The minimum atomic E-state index is 0.501. The van der Waals surface area contributed by atoms with E-state index >= 15 is 0 Å². The van der Waals surface area contributed by atoms with Crippen molar-refractivity contribution in [3.05, 3.63) is 42.5 Å².